The highest BCUT2D eigenvalue weighted by atomic mass is 15.3. The third kappa shape index (κ3) is 2.63. The Morgan fingerprint density at radius 1 is 1.19 bits per heavy atom. The maximum absolute atomic E-state index is 6.00. The van der Waals surface area contributed by atoms with E-state index in [4.69, 9.17) is 5.84 Å². The summed E-state index contributed by atoms with van der Waals surface area (Å²) in [7, 11) is 4.40. The van der Waals surface area contributed by atoms with Crippen LogP contribution in [0.1, 0.15) is 68.0 Å². The first-order valence-corrected chi connectivity index (χ1v) is 8.41. The number of nitrogens with one attached hydrogen (secondary N) is 1. The van der Waals surface area contributed by atoms with Gasteiger partial charge < -0.3 is 4.90 Å². The maximum Gasteiger partial charge on any atom is 0.0643 e. The second kappa shape index (κ2) is 6.07. The number of rotatable bonds is 5. The van der Waals surface area contributed by atoms with Crippen LogP contribution in [0.15, 0.2) is 24.3 Å². The van der Waals surface area contributed by atoms with Crippen LogP contribution in [0.5, 0.6) is 0 Å². The molecule has 0 bridgehead atoms. The molecule has 2 saturated carbocycles. The Morgan fingerprint density at radius 3 is 2.43 bits per heavy atom. The molecule has 0 heterocycles. The van der Waals surface area contributed by atoms with Crippen molar-refractivity contribution in [3.8, 4) is 0 Å². The van der Waals surface area contributed by atoms with Gasteiger partial charge in [-0.2, -0.15) is 0 Å². The van der Waals surface area contributed by atoms with E-state index in [1.54, 1.807) is 0 Å². The first-order valence-electron chi connectivity index (χ1n) is 8.41. The predicted molar refractivity (Wildman–Crippen MR) is 88.0 cm³/mol. The minimum Gasteiger partial charge on any atom is -0.302 e. The topological polar surface area (TPSA) is 41.3 Å². The lowest BCUT2D eigenvalue weighted by Crippen LogP contribution is -2.53. The van der Waals surface area contributed by atoms with Crippen molar-refractivity contribution in [1.82, 2.24) is 10.3 Å². The van der Waals surface area contributed by atoms with Crippen molar-refractivity contribution >= 4 is 0 Å². The SMILES string of the molecule is CN(C)C1(C(NN)c2cccc(C3CCC3)c2)CCCC1. The van der Waals surface area contributed by atoms with E-state index in [1.807, 2.05) is 0 Å². The molecule has 1 aromatic carbocycles. The van der Waals surface area contributed by atoms with Crippen molar-refractivity contribution in [2.45, 2.75) is 62.4 Å². The highest BCUT2D eigenvalue weighted by molar-refractivity contribution is 5.32. The zero-order chi connectivity index (χ0) is 14.9. The molecule has 1 unspecified atom stereocenters. The Bertz CT molecular complexity index is 473. The van der Waals surface area contributed by atoms with Crippen molar-refractivity contribution in [1.29, 1.82) is 0 Å². The van der Waals surface area contributed by atoms with Crippen LogP contribution in [0.4, 0.5) is 0 Å². The molecule has 1 atom stereocenters. The van der Waals surface area contributed by atoms with Crippen molar-refractivity contribution in [3.05, 3.63) is 35.4 Å². The minimum atomic E-state index is 0.160. The van der Waals surface area contributed by atoms with E-state index < -0.39 is 0 Å². The summed E-state index contributed by atoms with van der Waals surface area (Å²) in [6.45, 7) is 0. The van der Waals surface area contributed by atoms with Crippen LogP contribution in [0.25, 0.3) is 0 Å². The lowest BCUT2D eigenvalue weighted by Gasteiger charge is -2.43. The lowest BCUT2D eigenvalue weighted by molar-refractivity contribution is 0.105. The summed E-state index contributed by atoms with van der Waals surface area (Å²) in [4.78, 5) is 2.39. The molecule has 2 fully saturated rings. The Labute approximate surface area is 128 Å². The number of likely N-dealkylation sites (N-methyl/N-ethyl adjacent to an activating group) is 1. The van der Waals surface area contributed by atoms with Gasteiger partial charge in [0.25, 0.3) is 0 Å². The molecule has 0 aliphatic heterocycles. The highest BCUT2D eigenvalue weighted by Gasteiger charge is 2.43. The molecule has 3 heteroatoms. The van der Waals surface area contributed by atoms with E-state index in [0.29, 0.717) is 0 Å². The lowest BCUT2D eigenvalue weighted by atomic mass is 9.77. The summed E-state index contributed by atoms with van der Waals surface area (Å²) in [5, 5.41) is 0. The van der Waals surface area contributed by atoms with Crippen LogP contribution in [0.2, 0.25) is 0 Å². The quantitative estimate of drug-likeness (QED) is 0.645. The smallest absolute Gasteiger partial charge is 0.0643 e. The first-order chi connectivity index (χ1) is 10.2. The van der Waals surface area contributed by atoms with E-state index in [1.165, 1.54) is 56.1 Å². The predicted octanol–water partition coefficient (Wildman–Crippen LogP) is 3.33. The Hall–Kier alpha value is -0.900. The van der Waals surface area contributed by atoms with Crippen molar-refractivity contribution in [3.63, 3.8) is 0 Å². The number of hydrogen-bond acceptors (Lipinski definition) is 3. The van der Waals surface area contributed by atoms with Crippen LogP contribution < -0.4 is 11.3 Å². The second-order valence-electron chi connectivity index (χ2n) is 7.10. The van der Waals surface area contributed by atoms with Gasteiger partial charge in [0.15, 0.2) is 0 Å². The molecule has 2 aliphatic rings. The zero-order valence-corrected chi connectivity index (χ0v) is 13.4. The van der Waals surface area contributed by atoms with Gasteiger partial charge in [-0.25, -0.2) is 0 Å². The Balaban J connectivity index is 1.91. The fraction of sp³-hybridized carbons (Fsp3) is 0.667. The number of hydrogen-bond donors (Lipinski definition) is 2. The van der Waals surface area contributed by atoms with E-state index in [-0.39, 0.29) is 11.6 Å². The maximum atomic E-state index is 6.00. The van der Waals surface area contributed by atoms with Crippen LogP contribution in [-0.2, 0) is 0 Å². The normalized spacial score (nSPS) is 23.2. The molecule has 21 heavy (non-hydrogen) atoms. The number of benzene rings is 1. The molecule has 2 aliphatic carbocycles. The molecule has 0 spiro atoms. The molecule has 3 rings (SSSR count). The van der Waals surface area contributed by atoms with Gasteiger partial charge in [0.1, 0.15) is 0 Å². The standard InChI is InChI=1S/C18H29N3/c1-21(2)18(11-3-4-12-18)17(20-19)16-10-6-9-15(13-16)14-7-5-8-14/h6,9-10,13-14,17,20H,3-5,7-8,11-12,19H2,1-2H3. The summed E-state index contributed by atoms with van der Waals surface area (Å²) in [6.07, 6.45) is 9.14. The van der Waals surface area contributed by atoms with Crippen LogP contribution in [-0.4, -0.2) is 24.5 Å². The minimum absolute atomic E-state index is 0.160. The van der Waals surface area contributed by atoms with Crippen molar-refractivity contribution in [2.24, 2.45) is 5.84 Å². The monoisotopic (exact) mass is 287 g/mol. The van der Waals surface area contributed by atoms with Gasteiger partial charge in [0.2, 0.25) is 0 Å². The molecule has 1 aromatic rings. The summed E-state index contributed by atoms with van der Waals surface area (Å²) in [5.74, 6) is 6.78. The molecular weight excluding hydrogens is 258 g/mol. The van der Waals surface area contributed by atoms with E-state index >= 15 is 0 Å². The van der Waals surface area contributed by atoms with Crippen LogP contribution in [0, 0.1) is 0 Å². The number of nitrogens with two attached hydrogens (primary N) is 1. The first kappa shape index (κ1) is 15.0. The van der Waals surface area contributed by atoms with Gasteiger partial charge in [-0.3, -0.25) is 11.3 Å². The molecule has 116 valence electrons. The fourth-order valence-electron chi connectivity index (χ4n) is 4.28. The molecule has 3 nitrogen and oxygen atoms in total. The van der Waals surface area contributed by atoms with Crippen LogP contribution in [0.3, 0.4) is 0 Å². The highest BCUT2D eigenvalue weighted by Crippen LogP contribution is 2.44. The number of nitrogens with zero attached hydrogens (tertiary/aromatic N) is 1. The van der Waals surface area contributed by atoms with Gasteiger partial charge in [-0.05, 0) is 56.8 Å². The summed E-state index contributed by atoms with van der Waals surface area (Å²) < 4.78 is 0. The van der Waals surface area contributed by atoms with Gasteiger partial charge in [0.05, 0.1) is 6.04 Å². The molecule has 0 radical (unpaired) electrons. The third-order valence-electron chi connectivity index (χ3n) is 5.88. The molecular formula is C18H29N3. The van der Waals surface area contributed by atoms with Gasteiger partial charge in [-0.1, -0.05) is 43.5 Å². The van der Waals surface area contributed by atoms with Gasteiger partial charge >= 0.3 is 0 Å². The average molecular weight is 287 g/mol. The zero-order valence-electron chi connectivity index (χ0n) is 13.4. The summed E-state index contributed by atoms with van der Waals surface area (Å²) >= 11 is 0. The Kier molecular flexibility index (Phi) is 4.34. The third-order valence-corrected chi connectivity index (χ3v) is 5.88. The second-order valence-corrected chi connectivity index (χ2v) is 7.10. The van der Waals surface area contributed by atoms with E-state index in [9.17, 15) is 0 Å². The molecule has 3 N–H and O–H groups in total. The molecule has 0 amide bonds. The van der Waals surface area contributed by atoms with Gasteiger partial charge in [-0.15, -0.1) is 0 Å². The number of hydrazine groups is 1. The van der Waals surface area contributed by atoms with Crippen molar-refractivity contribution < 1.29 is 0 Å². The van der Waals surface area contributed by atoms with E-state index in [2.05, 4.69) is 48.7 Å². The molecule has 0 aromatic heterocycles. The van der Waals surface area contributed by atoms with E-state index in [0.717, 1.165) is 5.92 Å². The summed E-state index contributed by atoms with van der Waals surface area (Å²) in [5.41, 5.74) is 6.17. The fourth-order valence-corrected chi connectivity index (χ4v) is 4.28. The van der Waals surface area contributed by atoms with Gasteiger partial charge in [0, 0.05) is 5.54 Å². The Morgan fingerprint density at radius 2 is 1.90 bits per heavy atom. The average Bonchev–Trinajstić information content (AvgIpc) is 2.89. The van der Waals surface area contributed by atoms with Crippen LogP contribution >= 0.6 is 0 Å². The molecule has 0 saturated heterocycles. The summed E-state index contributed by atoms with van der Waals surface area (Å²) in [6, 6.07) is 9.37. The van der Waals surface area contributed by atoms with Crippen molar-refractivity contribution in [2.75, 3.05) is 14.1 Å². The largest absolute Gasteiger partial charge is 0.302 e.